The smallest absolute Gasteiger partial charge is 0.264 e. The molecule has 2 aromatic rings. The number of halogens is 3. The largest absolute Gasteiger partial charge is 0.495 e. The molecule has 0 saturated heterocycles. The van der Waals surface area contributed by atoms with E-state index >= 15 is 0 Å². The van der Waals surface area contributed by atoms with E-state index in [2.05, 4.69) is 4.72 Å². The Labute approximate surface area is 135 Å². The summed E-state index contributed by atoms with van der Waals surface area (Å²) in [6.07, 6.45) is 0. The van der Waals surface area contributed by atoms with E-state index in [-0.39, 0.29) is 9.23 Å². The molecule has 0 spiro atoms. The van der Waals surface area contributed by atoms with Crippen molar-refractivity contribution in [1.29, 1.82) is 0 Å². The normalized spacial score (nSPS) is 11.4. The molecule has 0 saturated carbocycles. The number of hydrogen-bond acceptors (Lipinski definition) is 4. The first kappa shape index (κ1) is 15.7. The van der Waals surface area contributed by atoms with Crippen LogP contribution in [0.15, 0.2) is 29.2 Å². The first-order valence-electron chi connectivity index (χ1n) is 5.14. The Balaban J connectivity index is 2.33. The van der Waals surface area contributed by atoms with Crippen LogP contribution in [0.1, 0.15) is 0 Å². The van der Waals surface area contributed by atoms with Crippen molar-refractivity contribution in [2.75, 3.05) is 11.8 Å². The Morgan fingerprint density at radius 1 is 1.20 bits per heavy atom. The van der Waals surface area contributed by atoms with Crippen molar-refractivity contribution >= 4 is 61.9 Å². The molecule has 0 unspecified atom stereocenters. The fourth-order valence-corrected chi connectivity index (χ4v) is 4.91. The Morgan fingerprint density at radius 2 is 1.90 bits per heavy atom. The average Bonchev–Trinajstić information content (AvgIpc) is 2.69. The quantitative estimate of drug-likeness (QED) is 0.858. The highest BCUT2D eigenvalue weighted by atomic mass is 35.5. The van der Waals surface area contributed by atoms with E-state index in [1.165, 1.54) is 25.3 Å². The molecule has 108 valence electrons. The minimum atomic E-state index is -3.81. The highest BCUT2D eigenvalue weighted by molar-refractivity contribution is 7.93. The molecule has 0 fully saturated rings. The maximum Gasteiger partial charge on any atom is 0.264 e. The van der Waals surface area contributed by atoms with Gasteiger partial charge in [-0.2, -0.15) is 0 Å². The molecular weight excluding hydrogens is 365 g/mol. The van der Waals surface area contributed by atoms with Crippen LogP contribution in [0.2, 0.25) is 13.7 Å². The first-order valence-corrected chi connectivity index (χ1v) is 8.58. The van der Waals surface area contributed by atoms with Crippen molar-refractivity contribution < 1.29 is 13.2 Å². The van der Waals surface area contributed by atoms with Gasteiger partial charge in [-0.25, -0.2) is 8.42 Å². The zero-order chi connectivity index (χ0) is 14.9. The summed E-state index contributed by atoms with van der Waals surface area (Å²) >= 11 is 18.5. The molecule has 4 nitrogen and oxygen atoms in total. The molecule has 1 aromatic heterocycles. The van der Waals surface area contributed by atoms with Crippen LogP contribution in [-0.4, -0.2) is 15.5 Å². The lowest BCUT2D eigenvalue weighted by molar-refractivity contribution is 0.415. The van der Waals surface area contributed by atoms with Gasteiger partial charge in [0.1, 0.15) is 15.0 Å². The van der Waals surface area contributed by atoms with Crippen molar-refractivity contribution in [2.24, 2.45) is 0 Å². The minimum absolute atomic E-state index is 0.0684. The van der Waals surface area contributed by atoms with Gasteiger partial charge in [0.2, 0.25) is 0 Å². The third-order valence-corrected chi connectivity index (χ3v) is 5.75. The summed E-state index contributed by atoms with van der Waals surface area (Å²) in [5, 5.41) is 0.294. The van der Waals surface area contributed by atoms with Gasteiger partial charge in [0.15, 0.2) is 0 Å². The summed E-state index contributed by atoms with van der Waals surface area (Å²) in [6.45, 7) is 0. The van der Waals surface area contributed by atoms with Gasteiger partial charge in [0, 0.05) is 0 Å². The molecule has 0 aliphatic carbocycles. The highest BCUT2D eigenvalue weighted by Crippen LogP contribution is 2.35. The Morgan fingerprint density at radius 3 is 2.40 bits per heavy atom. The second-order valence-electron chi connectivity index (χ2n) is 3.64. The SMILES string of the molecule is COc1ccc(NS(=O)(=O)c2cc(Cl)sc2Cl)cc1Cl. The van der Waals surface area contributed by atoms with E-state index in [4.69, 9.17) is 39.5 Å². The van der Waals surface area contributed by atoms with Crippen LogP contribution in [0.5, 0.6) is 5.75 Å². The van der Waals surface area contributed by atoms with E-state index in [0.717, 1.165) is 11.3 Å². The number of sulfonamides is 1. The molecule has 9 heteroatoms. The topological polar surface area (TPSA) is 55.4 Å². The van der Waals surface area contributed by atoms with Crippen molar-refractivity contribution in [3.63, 3.8) is 0 Å². The molecule has 0 amide bonds. The van der Waals surface area contributed by atoms with Crippen LogP contribution < -0.4 is 9.46 Å². The second-order valence-corrected chi connectivity index (χ2v) is 7.99. The number of thiophene rings is 1. The molecule has 2 rings (SSSR count). The van der Waals surface area contributed by atoms with E-state index in [9.17, 15) is 8.42 Å². The van der Waals surface area contributed by atoms with Crippen molar-refractivity contribution in [3.8, 4) is 5.75 Å². The summed E-state index contributed by atoms with van der Waals surface area (Å²) in [7, 11) is -2.34. The van der Waals surface area contributed by atoms with Crippen LogP contribution in [0, 0.1) is 0 Å². The fraction of sp³-hybridized carbons (Fsp3) is 0.0909. The van der Waals surface area contributed by atoms with Gasteiger partial charge < -0.3 is 4.74 Å². The van der Waals surface area contributed by atoms with Gasteiger partial charge in [-0.1, -0.05) is 34.8 Å². The van der Waals surface area contributed by atoms with Gasteiger partial charge >= 0.3 is 0 Å². The lowest BCUT2D eigenvalue weighted by atomic mass is 10.3. The molecule has 0 aliphatic rings. The number of methoxy groups -OCH3 is 1. The zero-order valence-corrected chi connectivity index (χ0v) is 13.9. The third kappa shape index (κ3) is 3.32. The maximum absolute atomic E-state index is 12.2. The van der Waals surface area contributed by atoms with Crippen LogP contribution in [-0.2, 0) is 10.0 Å². The number of benzene rings is 1. The standard InChI is InChI=1S/C11H8Cl3NO3S2/c1-18-8-3-2-6(4-7(8)12)15-20(16,17)9-5-10(13)19-11(9)14/h2-5,15H,1H3. The molecule has 0 aliphatic heterocycles. The number of rotatable bonds is 4. The van der Waals surface area contributed by atoms with Crippen molar-refractivity contribution in [1.82, 2.24) is 0 Å². The molecular formula is C11H8Cl3NO3S2. The molecule has 1 heterocycles. The molecule has 0 bridgehead atoms. The number of nitrogens with one attached hydrogen (secondary N) is 1. The van der Waals surface area contributed by atoms with Crippen LogP contribution in [0.3, 0.4) is 0 Å². The Hall–Kier alpha value is -0.660. The van der Waals surface area contributed by atoms with Crippen LogP contribution >= 0.6 is 46.1 Å². The van der Waals surface area contributed by atoms with Crippen LogP contribution in [0.25, 0.3) is 0 Å². The number of ether oxygens (including phenoxy) is 1. The second kappa shape index (κ2) is 5.99. The Kier molecular flexibility index (Phi) is 4.71. The predicted octanol–water partition coefficient (Wildman–Crippen LogP) is 4.52. The molecule has 20 heavy (non-hydrogen) atoms. The third-order valence-electron chi connectivity index (χ3n) is 2.32. The Bertz CT molecular complexity index is 743. The number of anilines is 1. The maximum atomic E-state index is 12.2. The zero-order valence-electron chi connectivity index (χ0n) is 9.98. The van der Waals surface area contributed by atoms with Gasteiger partial charge in [0.25, 0.3) is 10.0 Å². The van der Waals surface area contributed by atoms with Crippen molar-refractivity contribution in [3.05, 3.63) is 38.0 Å². The van der Waals surface area contributed by atoms with E-state index in [1.54, 1.807) is 6.07 Å². The van der Waals surface area contributed by atoms with E-state index in [0.29, 0.717) is 20.8 Å². The minimum Gasteiger partial charge on any atom is -0.495 e. The summed E-state index contributed by atoms with van der Waals surface area (Å²) in [5.41, 5.74) is 0.300. The van der Waals surface area contributed by atoms with Gasteiger partial charge in [0.05, 0.1) is 22.2 Å². The summed E-state index contributed by atoms with van der Waals surface area (Å²) in [6, 6.07) is 5.83. The molecule has 0 atom stereocenters. The predicted molar refractivity (Wildman–Crippen MR) is 83.2 cm³/mol. The molecule has 0 radical (unpaired) electrons. The number of hydrogen-bond donors (Lipinski definition) is 1. The molecule has 1 aromatic carbocycles. The van der Waals surface area contributed by atoms with Gasteiger partial charge in [-0.3, -0.25) is 4.72 Å². The lowest BCUT2D eigenvalue weighted by Crippen LogP contribution is -2.12. The highest BCUT2D eigenvalue weighted by Gasteiger charge is 2.21. The molecule has 1 N–H and O–H groups in total. The van der Waals surface area contributed by atoms with E-state index < -0.39 is 10.0 Å². The summed E-state index contributed by atoms with van der Waals surface area (Å²) < 4.78 is 32.1. The summed E-state index contributed by atoms with van der Waals surface area (Å²) in [5.74, 6) is 0.450. The lowest BCUT2D eigenvalue weighted by Gasteiger charge is -2.09. The first-order chi connectivity index (χ1) is 9.33. The monoisotopic (exact) mass is 371 g/mol. The van der Waals surface area contributed by atoms with Crippen LogP contribution in [0.4, 0.5) is 5.69 Å². The fourth-order valence-electron chi connectivity index (χ4n) is 1.45. The average molecular weight is 373 g/mol. The van der Waals surface area contributed by atoms with Gasteiger partial charge in [-0.05, 0) is 24.3 Å². The van der Waals surface area contributed by atoms with Crippen molar-refractivity contribution in [2.45, 2.75) is 4.90 Å². The van der Waals surface area contributed by atoms with E-state index in [1.807, 2.05) is 0 Å². The van der Waals surface area contributed by atoms with Gasteiger partial charge in [-0.15, -0.1) is 11.3 Å². The summed E-state index contributed by atoms with van der Waals surface area (Å²) in [4.78, 5) is -0.0684.